The number of nitrogens with two attached hydrogens (primary N) is 3. The third kappa shape index (κ3) is 23.1. The maximum absolute atomic E-state index is 15.6. The number of aromatic amines is 1. The summed E-state index contributed by atoms with van der Waals surface area (Å²) in [5.74, 6) is -8.51. The van der Waals surface area contributed by atoms with Gasteiger partial charge in [0.1, 0.15) is 17.6 Å². The van der Waals surface area contributed by atoms with E-state index in [0.29, 0.717) is 78.7 Å². The van der Waals surface area contributed by atoms with Gasteiger partial charge >= 0.3 is 0 Å². The third-order valence-electron chi connectivity index (χ3n) is 23.1. The predicted octanol–water partition coefficient (Wildman–Crippen LogP) is 10.7. The van der Waals surface area contributed by atoms with Crippen LogP contribution >= 0.6 is 0 Å². The van der Waals surface area contributed by atoms with E-state index >= 15 is 24.0 Å². The van der Waals surface area contributed by atoms with Gasteiger partial charge in [0.2, 0.25) is 23.6 Å². The number of carbonyl (C=O) groups excluding carboxylic acids is 9. The Bertz CT molecular complexity index is 4160. The van der Waals surface area contributed by atoms with Gasteiger partial charge in [-0.15, -0.1) is 0 Å². The summed E-state index contributed by atoms with van der Waals surface area (Å²) in [6, 6.07) is 33.6. The highest BCUT2D eigenvalue weighted by atomic mass is 19.1. The largest absolute Gasteiger partial charge is 0.391 e. The number of hydrogen-bond acceptors (Lipinski definition) is 13. The van der Waals surface area contributed by atoms with Crippen LogP contribution in [0.2, 0.25) is 0 Å². The van der Waals surface area contributed by atoms with Gasteiger partial charge in [0, 0.05) is 118 Å². The van der Waals surface area contributed by atoms with Crippen molar-refractivity contribution in [3.63, 3.8) is 0 Å². The number of ketones is 5. The van der Waals surface area contributed by atoms with Crippen molar-refractivity contribution in [2.45, 2.75) is 217 Å². The van der Waals surface area contributed by atoms with Crippen molar-refractivity contribution < 1.29 is 52.6 Å². The number of carbonyl (C=O) groups is 9. The standard InChI is InChI=1S/C88H113FN10O10/c1-56(100)84-82(106)52-66(44-60-35-39-69(89)40-36-60)78(102)34-14-6-13-33-76(99(57(2)101)43-19-7-12-26-61-46-72-71-31-20-28-62-37-38-63(83(62)71)49-77(72)98(3)55-61)81(105)51-65(29-21-42-93-88(91)92)85(107)95-74(47-59-24-10-5-11-25-59)80(104)53-67(45-58-22-8-4-9-23-58)87(109)96-75(48-68-54-94-73-32-16-15-30-70(68)73)79(103)50-64(86(108)97-84)27-17-18-41-90/h4-5,8-11,15-16,20,22-25,28,30-32,35-36,38-40,54,56,61,64-67,72,74-77,84,94,100H,6-7,12-14,17-19,21,26-27,29,33-34,37,41-53,55,90H2,1-3H3,(H,95,107)(H,96,109)(H,97,108)(H4,91,92,93)/t56-,61-,64-,65-,66-,67-,72-,74+,75-,76-,77-,84+/m1/s1. The van der Waals surface area contributed by atoms with Crippen molar-refractivity contribution in [1.82, 2.24) is 30.7 Å². The van der Waals surface area contributed by atoms with Crippen LogP contribution in [0.3, 0.4) is 0 Å². The topological polar surface area (TPSA) is 323 Å². The van der Waals surface area contributed by atoms with Gasteiger partial charge in [0.25, 0.3) is 0 Å². The Morgan fingerprint density at radius 2 is 1.24 bits per heavy atom. The van der Waals surface area contributed by atoms with Crippen molar-refractivity contribution >= 4 is 75.0 Å². The predicted molar refractivity (Wildman–Crippen MR) is 423 cm³/mol. The lowest BCUT2D eigenvalue weighted by Gasteiger charge is -2.47. The molecule has 5 aromatic carbocycles. The second-order valence-corrected chi connectivity index (χ2v) is 31.2. The van der Waals surface area contributed by atoms with Gasteiger partial charge in [-0.2, -0.15) is 0 Å². The quantitative estimate of drug-likeness (QED) is 0.0159. The van der Waals surface area contributed by atoms with Crippen LogP contribution in [0.5, 0.6) is 0 Å². The molecule has 1 aromatic heterocycles. The minimum absolute atomic E-state index is 0.000795. The van der Waals surface area contributed by atoms with Crippen molar-refractivity contribution in [3.8, 4) is 0 Å². The number of aromatic nitrogens is 1. The average Bonchev–Trinajstić information content (AvgIpc) is 1.68. The van der Waals surface area contributed by atoms with Gasteiger partial charge in [0.05, 0.1) is 24.2 Å². The van der Waals surface area contributed by atoms with Crippen molar-refractivity contribution in [2.75, 3.05) is 33.2 Å². The van der Waals surface area contributed by atoms with Gasteiger partial charge in [0.15, 0.2) is 29.1 Å². The molecule has 0 unspecified atom stereocenters. The van der Waals surface area contributed by atoms with Gasteiger partial charge in [-0.1, -0.05) is 147 Å². The minimum Gasteiger partial charge on any atom is -0.391 e. The number of para-hydroxylation sites is 1. The molecule has 0 saturated carbocycles. The van der Waals surface area contributed by atoms with E-state index in [1.807, 2.05) is 84.9 Å². The first-order valence-electron chi connectivity index (χ1n) is 39.7. The normalized spacial score (nSPS) is 24.3. The lowest BCUT2D eigenvalue weighted by molar-refractivity contribution is -0.140. The highest BCUT2D eigenvalue weighted by Crippen LogP contribution is 2.50. The van der Waals surface area contributed by atoms with E-state index in [1.165, 1.54) is 48.2 Å². The molecule has 20 nitrogen and oxygen atoms in total. The molecule has 12 atom stereocenters. The number of amides is 4. The Balaban J connectivity index is 0.973. The first-order chi connectivity index (χ1) is 52.6. The van der Waals surface area contributed by atoms with E-state index in [-0.39, 0.29) is 107 Å². The molecule has 4 amide bonds. The fraction of sp³-hybridized carbons (Fsp3) is 0.500. The number of nitrogens with one attached hydrogen (secondary N) is 4. The van der Waals surface area contributed by atoms with Crippen molar-refractivity contribution in [1.29, 1.82) is 0 Å². The number of hydrogen-bond donors (Lipinski definition) is 8. The molecule has 21 heteroatoms. The van der Waals surface area contributed by atoms with E-state index in [2.05, 4.69) is 62.1 Å². The summed E-state index contributed by atoms with van der Waals surface area (Å²) in [5, 5.41) is 21.1. The zero-order chi connectivity index (χ0) is 77.5. The van der Waals surface area contributed by atoms with Crippen LogP contribution in [-0.2, 0) is 75.3 Å². The van der Waals surface area contributed by atoms with Gasteiger partial charge in [-0.05, 0) is 179 Å². The van der Waals surface area contributed by atoms with E-state index in [0.717, 1.165) is 56.0 Å². The molecule has 2 aliphatic heterocycles. The van der Waals surface area contributed by atoms with E-state index in [4.69, 9.17) is 17.2 Å². The van der Waals surface area contributed by atoms with Gasteiger partial charge in [-0.25, -0.2) is 4.39 Å². The summed E-state index contributed by atoms with van der Waals surface area (Å²) < 4.78 is 14.4. The van der Waals surface area contributed by atoms with Gasteiger partial charge in [-0.3, -0.25) is 48.1 Å². The number of fused-ring (bicyclic) bond motifs is 3. The fourth-order valence-electron chi connectivity index (χ4n) is 17.2. The number of nitrogens with zero attached hydrogens (tertiary/aromatic N) is 3. The maximum Gasteiger partial charge on any atom is 0.224 e. The SMILES string of the molecule is CC(=O)N(CCCCC[C@@H]1C[C@@H]2c3cccc4c3C(=CC4)C[C@H]2N(C)C1)[C@@H]1CCCCCC(=O)[C@H](Cc2ccc(F)cc2)CC(=O)[C@H]([C@@H](C)O)NC(=O)[C@H](CCCCN)CC(=O)[C@@H](Cc2c[nH]c3ccccc23)NC(=O)[C@H](Cc2ccccc2)CC(=O)[C@H](Cc2ccccc2)NC(=O)[C@H](CCCN=C(N)N)CC1=O. The highest BCUT2D eigenvalue weighted by molar-refractivity contribution is 5.99. The van der Waals surface area contributed by atoms with Crippen LogP contribution in [0.15, 0.2) is 145 Å². The highest BCUT2D eigenvalue weighted by Gasteiger charge is 2.43. The Kier molecular flexibility index (Phi) is 30.5. The Morgan fingerprint density at radius 3 is 1.94 bits per heavy atom. The third-order valence-corrected chi connectivity index (χ3v) is 23.1. The minimum atomic E-state index is -1.52. The second kappa shape index (κ2) is 40.4. The van der Waals surface area contributed by atoms with E-state index in [9.17, 15) is 28.7 Å². The first kappa shape index (κ1) is 82.2. The molecule has 11 N–H and O–H groups in total. The number of halogens is 1. The molecule has 3 heterocycles. The smallest absolute Gasteiger partial charge is 0.224 e. The first-order valence-corrected chi connectivity index (χ1v) is 39.7. The molecular weight excluding hydrogens is 1380 g/mol. The second-order valence-electron chi connectivity index (χ2n) is 31.2. The van der Waals surface area contributed by atoms with Crippen LogP contribution in [-0.4, -0.2) is 148 Å². The lowest BCUT2D eigenvalue weighted by Crippen LogP contribution is -2.51. The van der Waals surface area contributed by atoms with Gasteiger partial charge < -0.3 is 53.0 Å². The molecule has 2 aliphatic carbocycles. The van der Waals surface area contributed by atoms with Crippen LogP contribution in [0.25, 0.3) is 16.5 Å². The molecule has 2 saturated heterocycles. The van der Waals surface area contributed by atoms with Crippen LogP contribution in [0.1, 0.15) is 187 Å². The van der Waals surface area contributed by atoms with E-state index < -0.39 is 114 Å². The number of piperidine rings is 1. The number of allylic oxidation sites excluding steroid dienone is 1. The summed E-state index contributed by atoms with van der Waals surface area (Å²) in [6.07, 6.45) is 10.5. The molecule has 10 rings (SSSR count). The molecule has 109 heavy (non-hydrogen) atoms. The molecule has 2 fully saturated rings. The van der Waals surface area contributed by atoms with E-state index in [1.54, 1.807) is 23.2 Å². The number of benzene rings is 5. The maximum atomic E-state index is 15.6. The van der Waals surface area contributed by atoms with Crippen LogP contribution in [0.4, 0.5) is 4.39 Å². The number of rotatable bonds is 24. The number of likely N-dealkylation sites (tertiary alicyclic amines) is 1. The number of likely N-dealkylation sites (N-methyl/N-ethyl adjacent to an activating group) is 1. The number of aliphatic hydroxyl groups is 1. The number of unbranched alkanes of at least 4 members (excludes halogenated alkanes) is 3. The van der Waals surface area contributed by atoms with Crippen LogP contribution < -0.4 is 33.2 Å². The van der Waals surface area contributed by atoms with Crippen molar-refractivity contribution in [2.24, 2.45) is 51.8 Å². The fourth-order valence-corrected chi connectivity index (χ4v) is 17.2. The molecule has 0 spiro atoms. The zero-order valence-corrected chi connectivity index (χ0v) is 63.8. The molecule has 6 aromatic rings. The van der Waals surface area contributed by atoms with Crippen molar-refractivity contribution in [3.05, 3.63) is 184 Å². The number of aliphatic imine (C=N–C) groups is 1. The number of H-pyrrole nitrogens is 1. The number of Topliss-reactive ketones (excluding diaryl/α,β-unsaturated/α-hetero) is 5. The summed E-state index contributed by atoms with van der Waals surface area (Å²) in [7, 11) is 2.26. The number of guanidine groups is 1. The molecule has 582 valence electrons. The Labute approximate surface area is 641 Å². The molecular formula is C88H113FN10O10. The number of aliphatic hydroxyl groups excluding tert-OH is 1. The summed E-state index contributed by atoms with van der Waals surface area (Å²) in [6.45, 7) is 4.50. The molecule has 4 aliphatic rings. The van der Waals surface area contributed by atoms with Crippen LogP contribution in [0, 0.1) is 35.4 Å². The Morgan fingerprint density at radius 1 is 0.624 bits per heavy atom. The Hall–Kier alpha value is -9.31. The molecule has 0 bridgehead atoms. The lowest BCUT2D eigenvalue weighted by atomic mass is 9.69. The average molecular weight is 1490 g/mol. The monoisotopic (exact) mass is 1490 g/mol. The summed E-state index contributed by atoms with van der Waals surface area (Å²) in [4.78, 5) is 148. The zero-order valence-electron chi connectivity index (χ0n) is 63.8. The summed E-state index contributed by atoms with van der Waals surface area (Å²) in [5.41, 5.74) is 26.9. The molecule has 0 radical (unpaired) electrons. The summed E-state index contributed by atoms with van der Waals surface area (Å²) >= 11 is 0.